The van der Waals surface area contributed by atoms with Gasteiger partial charge in [0.15, 0.2) is 0 Å². The van der Waals surface area contributed by atoms with Gasteiger partial charge in [-0.05, 0) is 36.5 Å². The molecule has 106 valence electrons. The van der Waals surface area contributed by atoms with E-state index in [1.54, 1.807) is 6.20 Å². The van der Waals surface area contributed by atoms with Crippen LogP contribution in [-0.2, 0) is 17.8 Å². The summed E-state index contributed by atoms with van der Waals surface area (Å²) < 4.78 is 0. The Hall–Kier alpha value is -2.11. The lowest BCUT2D eigenvalue weighted by molar-refractivity contribution is -0.128. The Morgan fingerprint density at radius 2 is 2.10 bits per heavy atom. The summed E-state index contributed by atoms with van der Waals surface area (Å²) in [6.45, 7) is 2.05. The van der Waals surface area contributed by atoms with E-state index in [4.69, 9.17) is 5.73 Å². The number of likely N-dealkylation sites (tertiary alicyclic amines) is 1. The van der Waals surface area contributed by atoms with Crippen LogP contribution in [0.5, 0.6) is 0 Å². The number of hydrogen-bond acceptors (Lipinski definition) is 3. The minimum Gasteiger partial charge on any atom is -0.351 e. The van der Waals surface area contributed by atoms with E-state index < -0.39 is 6.03 Å². The van der Waals surface area contributed by atoms with Gasteiger partial charge in [0.05, 0.1) is 0 Å². The van der Waals surface area contributed by atoms with Gasteiger partial charge in [0, 0.05) is 32.3 Å². The highest BCUT2D eigenvalue weighted by Gasteiger charge is 2.24. The first-order chi connectivity index (χ1) is 9.65. The molecular formula is C14H18N4O2. The van der Waals surface area contributed by atoms with Crippen LogP contribution >= 0.6 is 0 Å². The lowest BCUT2D eigenvalue weighted by Gasteiger charge is -2.27. The lowest BCUT2D eigenvalue weighted by atomic mass is 10.0. The van der Waals surface area contributed by atoms with Gasteiger partial charge in [0.2, 0.25) is 5.91 Å². The molecule has 2 N–H and O–H groups in total. The van der Waals surface area contributed by atoms with Crippen molar-refractivity contribution in [3.63, 3.8) is 0 Å². The lowest BCUT2D eigenvalue weighted by Crippen LogP contribution is -2.40. The fourth-order valence-corrected chi connectivity index (χ4v) is 2.91. The van der Waals surface area contributed by atoms with Crippen molar-refractivity contribution in [2.24, 2.45) is 5.73 Å². The Balaban J connectivity index is 1.82. The molecule has 3 rings (SSSR count). The van der Waals surface area contributed by atoms with Crippen molar-refractivity contribution in [3.05, 3.63) is 23.4 Å². The molecular weight excluding hydrogens is 256 g/mol. The van der Waals surface area contributed by atoms with E-state index in [1.165, 1.54) is 4.90 Å². The van der Waals surface area contributed by atoms with Crippen molar-refractivity contribution in [2.45, 2.75) is 32.2 Å². The van der Waals surface area contributed by atoms with Gasteiger partial charge in [-0.15, -0.1) is 0 Å². The molecule has 0 unspecified atom stereocenters. The molecule has 6 nitrogen and oxygen atoms in total. The summed E-state index contributed by atoms with van der Waals surface area (Å²) in [6, 6.07) is 1.59. The molecule has 0 atom stereocenters. The minimum atomic E-state index is -0.457. The van der Waals surface area contributed by atoms with Crippen molar-refractivity contribution in [3.8, 4) is 0 Å². The molecule has 0 aromatic carbocycles. The maximum Gasteiger partial charge on any atom is 0.320 e. The molecule has 0 bridgehead atoms. The van der Waals surface area contributed by atoms with Gasteiger partial charge in [-0.25, -0.2) is 9.78 Å². The van der Waals surface area contributed by atoms with Crippen molar-refractivity contribution in [1.82, 2.24) is 9.88 Å². The third kappa shape index (κ3) is 2.33. The van der Waals surface area contributed by atoms with Gasteiger partial charge in [-0.3, -0.25) is 9.69 Å². The number of anilines is 1. The third-order valence-electron chi connectivity index (χ3n) is 3.89. The molecule has 0 saturated carbocycles. The van der Waals surface area contributed by atoms with E-state index in [9.17, 15) is 9.59 Å². The molecule has 1 aromatic heterocycles. The normalized spacial score (nSPS) is 18.3. The molecule has 3 heterocycles. The average molecular weight is 274 g/mol. The van der Waals surface area contributed by atoms with E-state index in [2.05, 4.69) is 4.98 Å². The topological polar surface area (TPSA) is 79.5 Å². The number of carbonyl (C=O) groups is 2. The van der Waals surface area contributed by atoms with Gasteiger partial charge in [-0.2, -0.15) is 0 Å². The van der Waals surface area contributed by atoms with Crippen molar-refractivity contribution < 1.29 is 9.59 Å². The van der Waals surface area contributed by atoms with Gasteiger partial charge in [-0.1, -0.05) is 0 Å². The second-order valence-corrected chi connectivity index (χ2v) is 5.34. The molecule has 0 aliphatic carbocycles. The predicted molar refractivity (Wildman–Crippen MR) is 74.1 cm³/mol. The monoisotopic (exact) mass is 274 g/mol. The number of aryl methyl sites for hydroxylation is 1. The zero-order valence-electron chi connectivity index (χ0n) is 11.3. The van der Waals surface area contributed by atoms with Crippen LogP contribution in [0.4, 0.5) is 10.6 Å². The van der Waals surface area contributed by atoms with Gasteiger partial charge >= 0.3 is 6.03 Å². The second kappa shape index (κ2) is 5.11. The number of urea groups is 1. The van der Waals surface area contributed by atoms with Crippen LogP contribution in [0.2, 0.25) is 0 Å². The zero-order valence-corrected chi connectivity index (χ0v) is 11.3. The fraction of sp³-hybridized carbons (Fsp3) is 0.500. The highest BCUT2D eigenvalue weighted by Crippen LogP contribution is 2.26. The first kappa shape index (κ1) is 12.9. The molecule has 20 heavy (non-hydrogen) atoms. The summed E-state index contributed by atoms with van der Waals surface area (Å²) >= 11 is 0. The molecule has 1 fully saturated rings. The van der Waals surface area contributed by atoms with Crippen molar-refractivity contribution in [1.29, 1.82) is 0 Å². The number of aromatic nitrogens is 1. The summed E-state index contributed by atoms with van der Waals surface area (Å²) in [5, 5.41) is 0. The second-order valence-electron chi connectivity index (χ2n) is 5.34. The van der Waals surface area contributed by atoms with Crippen LogP contribution in [0.1, 0.15) is 30.4 Å². The maximum absolute atomic E-state index is 11.6. The fourth-order valence-electron chi connectivity index (χ4n) is 2.91. The molecule has 1 saturated heterocycles. The molecule has 3 amide bonds. The number of nitrogens with two attached hydrogens (primary N) is 1. The molecule has 2 aliphatic rings. The third-order valence-corrected chi connectivity index (χ3v) is 3.89. The molecule has 1 aromatic rings. The number of amides is 3. The van der Waals surface area contributed by atoms with Gasteiger partial charge in [0.1, 0.15) is 5.82 Å². The molecule has 0 radical (unpaired) electrons. The first-order valence-electron chi connectivity index (χ1n) is 6.97. The van der Waals surface area contributed by atoms with Crippen molar-refractivity contribution in [2.75, 3.05) is 18.0 Å². The van der Waals surface area contributed by atoms with Crippen LogP contribution in [-0.4, -0.2) is 34.9 Å². The number of fused-ring (bicyclic) bond motifs is 1. The van der Waals surface area contributed by atoms with E-state index >= 15 is 0 Å². The number of carbonyl (C=O) groups excluding carboxylic acids is 2. The summed E-state index contributed by atoms with van der Waals surface area (Å²) in [6.07, 6.45) is 5.11. The highest BCUT2D eigenvalue weighted by atomic mass is 16.2. The number of primary amides is 1. The Bertz CT molecular complexity index is 558. The number of pyridine rings is 1. The summed E-state index contributed by atoms with van der Waals surface area (Å²) in [7, 11) is 0. The van der Waals surface area contributed by atoms with Crippen LogP contribution < -0.4 is 10.6 Å². The maximum atomic E-state index is 11.6. The SMILES string of the molecule is NC(=O)N1CCCc2cc(CN3CCCC3=O)cnc21. The van der Waals surface area contributed by atoms with E-state index in [0.29, 0.717) is 25.3 Å². The Morgan fingerprint density at radius 1 is 1.30 bits per heavy atom. The first-order valence-corrected chi connectivity index (χ1v) is 6.97. The molecule has 2 aliphatic heterocycles. The predicted octanol–water partition coefficient (Wildman–Crippen LogP) is 1.04. The standard InChI is InChI=1S/C14H18N4O2/c15-14(20)18-6-1-3-11-7-10(8-16-13(11)18)9-17-5-2-4-12(17)19/h7-8H,1-6,9H2,(H2,15,20). The smallest absolute Gasteiger partial charge is 0.320 e. The van der Waals surface area contributed by atoms with Crippen molar-refractivity contribution >= 4 is 17.8 Å². The number of nitrogens with zero attached hydrogens (tertiary/aromatic N) is 3. The van der Waals surface area contributed by atoms with E-state index in [-0.39, 0.29) is 5.91 Å². The Labute approximate surface area is 117 Å². The quantitative estimate of drug-likeness (QED) is 0.875. The van der Waals surface area contributed by atoms with Crippen LogP contribution in [0, 0.1) is 0 Å². The average Bonchev–Trinajstić information content (AvgIpc) is 2.83. The van der Waals surface area contributed by atoms with Gasteiger partial charge in [0.25, 0.3) is 0 Å². The summed E-state index contributed by atoms with van der Waals surface area (Å²) in [5.41, 5.74) is 7.42. The Kier molecular flexibility index (Phi) is 3.30. The number of rotatable bonds is 2. The Morgan fingerprint density at radius 3 is 2.80 bits per heavy atom. The molecule has 0 spiro atoms. The largest absolute Gasteiger partial charge is 0.351 e. The van der Waals surface area contributed by atoms with Crippen LogP contribution in [0.25, 0.3) is 0 Å². The van der Waals surface area contributed by atoms with E-state index in [1.807, 2.05) is 11.0 Å². The van der Waals surface area contributed by atoms with Crippen LogP contribution in [0.15, 0.2) is 12.3 Å². The molecule has 6 heteroatoms. The highest BCUT2D eigenvalue weighted by molar-refractivity contribution is 5.90. The van der Waals surface area contributed by atoms with E-state index in [0.717, 1.165) is 36.9 Å². The van der Waals surface area contributed by atoms with Gasteiger partial charge < -0.3 is 10.6 Å². The summed E-state index contributed by atoms with van der Waals surface area (Å²) in [4.78, 5) is 30.8. The zero-order chi connectivity index (χ0) is 14.1. The summed E-state index contributed by atoms with van der Waals surface area (Å²) in [5.74, 6) is 0.877. The van der Waals surface area contributed by atoms with Crippen LogP contribution in [0.3, 0.4) is 0 Å². The number of hydrogen-bond donors (Lipinski definition) is 1. The minimum absolute atomic E-state index is 0.210.